The number of hydrogen-bond donors (Lipinski definition) is 1. The number of fused-ring (bicyclic) bond motifs is 1. The Labute approximate surface area is 154 Å². The number of imidazole rings is 1. The molecule has 2 aromatic heterocycles. The summed E-state index contributed by atoms with van der Waals surface area (Å²) in [6, 6.07) is 9.31. The van der Waals surface area contributed by atoms with Gasteiger partial charge in [0.2, 0.25) is 0 Å². The first-order chi connectivity index (χ1) is 12.7. The fraction of sp³-hybridized carbons (Fsp3) is 0.333. The number of aromatic amines is 1. The summed E-state index contributed by atoms with van der Waals surface area (Å²) in [7, 11) is 1.82. The summed E-state index contributed by atoms with van der Waals surface area (Å²) >= 11 is 0. The number of aromatic nitrogens is 3. The van der Waals surface area contributed by atoms with Crippen LogP contribution in [0.1, 0.15) is 12.1 Å². The van der Waals surface area contributed by atoms with Crippen molar-refractivity contribution in [3.63, 3.8) is 0 Å². The van der Waals surface area contributed by atoms with Gasteiger partial charge in [-0.15, -0.1) is 0 Å². The van der Waals surface area contributed by atoms with Crippen LogP contribution < -0.4 is 9.47 Å². The zero-order chi connectivity index (χ0) is 18.4. The van der Waals surface area contributed by atoms with Crippen molar-refractivity contribution in [2.45, 2.75) is 17.3 Å². The quantitative estimate of drug-likeness (QED) is 0.579. The minimum Gasteiger partial charge on any atom is -0.491 e. The van der Waals surface area contributed by atoms with E-state index < -0.39 is 10.8 Å². The molecule has 0 aliphatic heterocycles. The standard InChI is InChI=1S/C18H21N3O4S/c1-23-10-5-11-25-16-8-9-19-15(17(16)24-2)12-26(22)18-20-13-6-3-4-7-14(13)21-18/h3-4,6-9H,5,10-12H2,1-2H3,(H,20,21). The number of para-hydroxylation sites is 2. The fourth-order valence-corrected chi connectivity index (χ4v) is 3.54. The Kier molecular flexibility index (Phi) is 6.19. The first-order valence-corrected chi connectivity index (χ1v) is 9.51. The SMILES string of the molecule is COCCCOc1ccnc(CS(=O)c2nc3ccccc3[nH]2)c1OC. The average molecular weight is 375 g/mol. The van der Waals surface area contributed by atoms with Crippen LogP contribution in [0, 0.1) is 0 Å². The van der Waals surface area contributed by atoms with Crippen LogP contribution in [-0.4, -0.2) is 46.6 Å². The molecule has 0 radical (unpaired) electrons. The second-order valence-corrected chi connectivity index (χ2v) is 6.90. The Balaban J connectivity index is 1.76. The second-order valence-electron chi connectivity index (χ2n) is 5.53. The van der Waals surface area contributed by atoms with Crippen molar-refractivity contribution in [1.82, 2.24) is 15.0 Å². The van der Waals surface area contributed by atoms with Gasteiger partial charge >= 0.3 is 0 Å². The van der Waals surface area contributed by atoms with Gasteiger partial charge in [-0.2, -0.15) is 0 Å². The summed E-state index contributed by atoms with van der Waals surface area (Å²) in [5, 5.41) is 0.418. The largest absolute Gasteiger partial charge is 0.491 e. The second kappa shape index (κ2) is 8.77. The highest BCUT2D eigenvalue weighted by Gasteiger charge is 2.17. The predicted octanol–water partition coefficient (Wildman–Crippen LogP) is 2.69. The molecule has 26 heavy (non-hydrogen) atoms. The molecule has 0 bridgehead atoms. The van der Waals surface area contributed by atoms with E-state index in [4.69, 9.17) is 14.2 Å². The molecule has 2 heterocycles. The Hall–Kier alpha value is -2.45. The third-order valence-corrected chi connectivity index (χ3v) is 4.91. The number of H-pyrrole nitrogens is 1. The van der Waals surface area contributed by atoms with E-state index in [-0.39, 0.29) is 5.75 Å². The van der Waals surface area contributed by atoms with Crippen molar-refractivity contribution in [3.8, 4) is 11.5 Å². The van der Waals surface area contributed by atoms with Crippen molar-refractivity contribution in [2.75, 3.05) is 27.4 Å². The van der Waals surface area contributed by atoms with Gasteiger partial charge in [0.1, 0.15) is 0 Å². The highest BCUT2D eigenvalue weighted by molar-refractivity contribution is 7.84. The summed E-state index contributed by atoms with van der Waals surface area (Å²) in [4.78, 5) is 11.8. The first-order valence-electron chi connectivity index (χ1n) is 8.19. The summed E-state index contributed by atoms with van der Waals surface area (Å²) in [5.41, 5.74) is 2.20. The minimum atomic E-state index is -1.38. The fourth-order valence-electron chi connectivity index (χ4n) is 2.52. The Bertz CT molecular complexity index is 864. The van der Waals surface area contributed by atoms with Crippen LogP contribution in [0.4, 0.5) is 0 Å². The van der Waals surface area contributed by atoms with Crippen LogP contribution in [0.25, 0.3) is 11.0 Å². The molecule has 3 rings (SSSR count). The van der Waals surface area contributed by atoms with Gasteiger partial charge in [-0.25, -0.2) is 4.98 Å². The number of hydrogen-bond acceptors (Lipinski definition) is 6. The maximum atomic E-state index is 12.7. The molecule has 1 N–H and O–H groups in total. The van der Waals surface area contributed by atoms with Gasteiger partial charge in [0.15, 0.2) is 16.7 Å². The minimum absolute atomic E-state index is 0.179. The molecule has 0 aliphatic carbocycles. The summed E-state index contributed by atoms with van der Waals surface area (Å²) in [6.45, 7) is 1.12. The zero-order valence-electron chi connectivity index (χ0n) is 14.7. The molecule has 0 saturated carbocycles. The molecule has 3 aromatic rings. The van der Waals surface area contributed by atoms with Crippen molar-refractivity contribution in [3.05, 3.63) is 42.2 Å². The number of nitrogens with one attached hydrogen (secondary N) is 1. The van der Waals surface area contributed by atoms with Crippen molar-refractivity contribution < 1.29 is 18.4 Å². The molecule has 8 heteroatoms. The van der Waals surface area contributed by atoms with Gasteiger partial charge in [-0.05, 0) is 12.1 Å². The molecular formula is C18H21N3O4S. The number of nitrogens with zero attached hydrogens (tertiary/aromatic N) is 2. The lowest BCUT2D eigenvalue weighted by Gasteiger charge is -2.13. The van der Waals surface area contributed by atoms with Gasteiger partial charge in [-0.1, -0.05) is 12.1 Å². The predicted molar refractivity (Wildman–Crippen MR) is 99.0 cm³/mol. The highest BCUT2D eigenvalue weighted by atomic mass is 32.2. The van der Waals surface area contributed by atoms with Gasteiger partial charge in [0.05, 0.1) is 47.0 Å². The van der Waals surface area contributed by atoms with Crippen LogP contribution in [0.15, 0.2) is 41.7 Å². The molecule has 7 nitrogen and oxygen atoms in total. The number of rotatable bonds is 9. The van der Waals surface area contributed by atoms with E-state index in [0.29, 0.717) is 35.6 Å². The topological polar surface area (TPSA) is 86.3 Å². The number of methoxy groups -OCH3 is 2. The Morgan fingerprint density at radius 2 is 2.00 bits per heavy atom. The lowest BCUT2D eigenvalue weighted by Crippen LogP contribution is -2.07. The molecule has 0 fully saturated rings. The van der Waals surface area contributed by atoms with Crippen molar-refractivity contribution >= 4 is 21.8 Å². The van der Waals surface area contributed by atoms with Gasteiger partial charge in [-0.3, -0.25) is 9.19 Å². The first kappa shape index (κ1) is 18.3. The van der Waals surface area contributed by atoms with E-state index in [9.17, 15) is 4.21 Å². The van der Waals surface area contributed by atoms with E-state index in [2.05, 4.69) is 15.0 Å². The van der Waals surface area contributed by atoms with Crippen molar-refractivity contribution in [2.24, 2.45) is 0 Å². The Morgan fingerprint density at radius 3 is 2.77 bits per heavy atom. The van der Waals surface area contributed by atoms with E-state index in [1.807, 2.05) is 24.3 Å². The maximum absolute atomic E-state index is 12.7. The number of pyridine rings is 1. The van der Waals surface area contributed by atoms with Gasteiger partial charge < -0.3 is 19.2 Å². The molecule has 1 atom stereocenters. The molecule has 0 amide bonds. The van der Waals surface area contributed by atoms with E-state index in [1.165, 1.54) is 0 Å². The zero-order valence-corrected chi connectivity index (χ0v) is 15.5. The van der Waals surface area contributed by atoms with E-state index >= 15 is 0 Å². The molecule has 0 spiro atoms. The lowest BCUT2D eigenvalue weighted by molar-refractivity contribution is 0.170. The van der Waals surface area contributed by atoms with E-state index in [1.54, 1.807) is 26.5 Å². The third-order valence-electron chi connectivity index (χ3n) is 3.75. The van der Waals surface area contributed by atoms with Crippen LogP contribution >= 0.6 is 0 Å². The van der Waals surface area contributed by atoms with Gasteiger partial charge in [0.25, 0.3) is 0 Å². The third kappa shape index (κ3) is 4.20. The van der Waals surface area contributed by atoms with Gasteiger partial charge in [0, 0.05) is 32.4 Å². The van der Waals surface area contributed by atoms with Crippen LogP contribution in [0.2, 0.25) is 0 Å². The average Bonchev–Trinajstić information content (AvgIpc) is 3.10. The smallest absolute Gasteiger partial charge is 0.197 e. The van der Waals surface area contributed by atoms with Crippen LogP contribution in [-0.2, 0) is 21.3 Å². The summed E-state index contributed by atoms with van der Waals surface area (Å²) in [5.74, 6) is 1.25. The molecule has 0 aliphatic rings. The van der Waals surface area contributed by atoms with Crippen LogP contribution in [0.3, 0.4) is 0 Å². The van der Waals surface area contributed by atoms with E-state index in [0.717, 1.165) is 17.5 Å². The molecular weight excluding hydrogens is 354 g/mol. The summed E-state index contributed by atoms with van der Waals surface area (Å²) in [6.07, 6.45) is 2.39. The maximum Gasteiger partial charge on any atom is 0.197 e. The van der Waals surface area contributed by atoms with Crippen LogP contribution in [0.5, 0.6) is 11.5 Å². The monoisotopic (exact) mass is 375 g/mol. The molecule has 0 saturated heterocycles. The molecule has 138 valence electrons. The van der Waals surface area contributed by atoms with Crippen molar-refractivity contribution in [1.29, 1.82) is 0 Å². The highest BCUT2D eigenvalue weighted by Crippen LogP contribution is 2.31. The summed E-state index contributed by atoms with van der Waals surface area (Å²) < 4.78 is 28.9. The Morgan fingerprint density at radius 1 is 1.15 bits per heavy atom. The number of ether oxygens (including phenoxy) is 3. The molecule has 1 unspecified atom stereocenters. The molecule has 1 aromatic carbocycles. The normalized spacial score (nSPS) is 12.2. The number of benzene rings is 1. The lowest BCUT2D eigenvalue weighted by atomic mass is 10.3.